The van der Waals surface area contributed by atoms with Crippen LogP contribution in [0, 0.1) is 0 Å². The molecule has 14 rings (SSSR count). The molecule has 3 nitrogen and oxygen atoms in total. The summed E-state index contributed by atoms with van der Waals surface area (Å²) >= 11 is 0. The molecule has 1 fully saturated rings. The first kappa shape index (κ1) is 35.0. The number of rotatable bonds is 4. The molecule has 0 amide bonds. The van der Waals surface area contributed by atoms with Crippen molar-refractivity contribution in [3.8, 4) is 44.8 Å². The third kappa shape index (κ3) is 5.02. The van der Waals surface area contributed by atoms with Gasteiger partial charge in [-0.1, -0.05) is 135 Å². The molecule has 0 unspecified atom stereocenters. The third-order valence-corrected chi connectivity index (χ3v) is 14.7. The molecule has 63 heavy (non-hydrogen) atoms. The normalized spacial score (nSPS) is 14.5. The predicted octanol–water partition coefficient (Wildman–Crippen LogP) is 16.3. The van der Waals surface area contributed by atoms with Crippen molar-refractivity contribution in [2.24, 2.45) is 0 Å². The van der Waals surface area contributed by atoms with E-state index in [0.717, 1.165) is 27.6 Å². The van der Waals surface area contributed by atoms with E-state index in [1.807, 2.05) is 6.07 Å². The zero-order valence-corrected chi connectivity index (χ0v) is 34.8. The highest BCUT2D eigenvalue weighted by molar-refractivity contribution is 6.13. The molecule has 0 N–H and O–H groups in total. The number of benzene rings is 9. The van der Waals surface area contributed by atoms with E-state index in [2.05, 4.69) is 197 Å². The van der Waals surface area contributed by atoms with Gasteiger partial charge in [0.2, 0.25) is 0 Å². The van der Waals surface area contributed by atoms with Crippen LogP contribution in [0.15, 0.2) is 199 Å². The Bertz CT molecular complexity index is 3830. The van der Waals surface area contributed by atoms with Crippen molar-refractivity contribution in [3.05, 3.63) is 205 Å². The molecule has 0 saturated heterocycles. The van der Waals surface area contributed by atoms with E-state index in [9.17, 15) is 0 Å². The maximum atomic E-state index is 6.45. The van der Waals surface area contributed by atoms with Gasteiger partial charge in [0.1, 0.15) is 11.2 Å². The fourth-order valence-electron chi connectivity index (χ4n) is 11.9. The molecular formula is C60H42N2O. The van der Waals surface area contributed by atoms with Crippen LogP contribution in [0.5, 0.6) is 0 Å². The zero-order valence-electron chi connectivity index (χ0n) is 34.8. The van der Waals surface area contributed by atoms with E-state index in [-0.39, 0.29) is 5.41 Å². The maximum absolute atomic E-state index is 6.45. The van der Waals surface area contributed by atoms with Crippen LogP contribution in [-0.4, -0.2) is 9.13 Å². The largest absolute Gasteiger partial charge is 0.456 e. The molecule has 0 atom stereocenters. The summed E-state index contributed by atoms with van der Waals surface area (Å²) in [4.78, 5) is 0. The molecule has 12 aromatic rings. The van der Waals surface area contributed by atoms with Crippen LogP contribution in [0.25, 0.3) is 110 Å². The summed E-state index contributed by atoms with van der Waals surface area (Å²) in [5.74, 6) is 0. The minimum absolute atomic E-state index is 0.0255. The number of furan rings is 1. The highest BCUT2D eigenvalue weighted by Crippen LogP contribution is 2.58. The first-order valence-corrected chi connectivity index (χ1v) is 22.5. The molecule has 3 aromatic heterocycles. The Hall–Kier alpha value is -7.62. The Morgan fingerprint density at radius 1 is 0.333 bits per heavy atom. The summed E-state index contributed by atoms with van der Waals surface area (Å²) < 4.78 is 11.3. The highest BCUT2D eigenvalue weighted by Gasteiger charge is 2.44. The Morgan fingerprint density at radius 2 is 0.937 bits per heavy atom. The Morgan fingerprint density at radius 3 is 1.76 bits per heavy atom. The third-order valence-electron chi connectivity index (χ3n) is 14.7. The predicted molar refractivity (Wildman–Crippen MR) is 263 cm³/mol. The van der Waals surface area contributed by atoms with Crippen molar-refractivity contribution in [2.75, 3.05) is 0 Å². The standard InChI is InChI=1S/C60H42N2O/c1-3-14-38(15-4-1)39-16-13-17-42(32-39)61-54-21-8-5-18-44(54)50-34-41(25-29-56(50)61)40-24-28-52-48(33-40)49-37-57-51(36-53(49)60(52)30-11-2-12-31-60)45-19-6-9-22-55(45)62(57)43-26-27-47-46-20-7-10-23-58(46)63-59(47)35-43/h1,3-10,13-29,32-37H,2,11-12,30-31H2. The van der Waals surface area contributed by atoms with Gasteiger partial charge in [0.25, 0.3) is 0 Å². The van der Waals surface area contributed by atoms with Crippen LogP contribution in [0.2, 0.25) is 0 Å². The minimum atomic E-state index is 0.0255. The number of hydrogen-bond acceptors (Lipinski definition) is 1. The van der Waals surface area contributed by atoms with Gasteiger partial charge in [-0.05, 0) is 130 Å². The van der Waals surface area contributed by atoms with Gasteiger partial charge in [-0.2, -0.15) is 0 Å². The van der Waals surface area contributed by atoms with E-state index in [4.69, 9.17) is 4.42 Å². The second-order valence-electron chi connectivity index (χ2n) is 18.0. The van der Waals surface area contributed by atoms with Gasteiger partial charge < -0.3 is 13.6 Å². The lowest BCUT2D eigenvalue weighted by Gasteiger charge is -2.36. The summed E-state index contributed by atoms with van der Waals surface area (Å²) in [7, 11) is 0. The molecule has 0 radical (unpaired) electrons. The fraction of sp³-hybridized carbons (Fsp3) is 0.100. The number of hydrogen-bond donors (Lipinski definition) is 0. The average molecular weight is 807 g/mol. The second-order valence-corrected chi connectivity index (χ2v) is 18.0. The van der Waals surface area contributed by atoms with Gasteiger partial charge >= 0.3 is 0 Å². The summed E-state index contributed by atoms with van der Waals surface area (Å²) in [6.45, 7) is 0. The van der Waals surface area contributed by atoms with Crippen molar-refractivity contribution in [1.29, 1.82) is 0 Å². The molecule has 3 heterocycles. The van der Waals surface area contributed by atoms with E-state index < -0.39 is 0 Å². The Balaban J connectivity index is 0.952. The van der Waals surface area contributed by atoms with Crippen LogP contribution in [0.3, 0.4) is 0 Å². The smallest absolute Gasteiger partial charge is 0.137 e. The molecule has 2 aliphatic carbocycles. The lowest BCUT2D eigenvalue weighted by atomic mass is 9.67. The van der Waals surface area contributed by atoms with Gasteiger partial charge in [0, 0.05) is 55.2 Å². The quantitative estimate of drug-likeness (QED) is 0.174. The second kappa shape index (κ2) is 13.2. The molecule has 0 aliphatic heterocycles. The Kier molecular flexibility index (Phi) is 7.33. The summed E-state index contributed by atoms with van der Waals surface area (Å²) in [6.07, 6.45) is 6.20. The van der Waals surface area contributed by atoms with Crippen molar-refractivity contribution in [2.45, 2.75) is 37.5 Å². The van der Waals surface area contributed by atoms with Gasteiger partial charge in [0.15, 0.2) is 0 Å². The van der Waals surface area contributed by atoms with Crippen molar-refractivity contribution in [3.63, 3.8) is 0 Å². The fourth-order valence-corrected chi connectivity index (χ4v) is 11.9. The van der Waals surface area contributed by atoms with E-state index in [0.29, 0.717) is 0 Å². The lowest BCUT2D eigenvalue weighted by Crippen LogP contribution is -2.28. The maximum Gasteiger partial charge on any atom is 0.137 e. The number of para-hydroxylation sites is 3. The van der Waals surface area contributed by atoms with E-state index in [1.165, 1.54) is 126 Å². The molecule has 9 aromatic carbocycles. The van der Waals surface area contributed by atoms with Gasteiger partial charge in [-0.3, -0.25) is 0 Å². The average Bonchev–Trinajstić information content (AvgIpc) is 4.06. The molecule has 1 spiro atoms. The van der Waals surface area contributed by atoms with Gasteiger partial charge in [0.05, 0.1) is 22.1 Å². The molecule has 0 bridgehead atoms. The van der Waals surface area contributed by atoms with Gasteiger partial charge in [-0.25, -0.2) is 0 Å². The van der Waals surface area contributed by atoms with Crippen LogP contribution in [0.4, 0.5) is 0 Å². The van der Waals surface area contributed by atoms with Crippen molar-refractivity contribution in [1.82, 2.24) is 9.13 Å². The van der Waals surface area contributed by atoms with Crippen LogP contribution >= 0.6 is 0 Å². The molecule has 298 valence electrons. The SMILES string of the molecule is c1ccc(-c2cccc(-n3c4ccccc4c4cc(-c5ccc6c(c5)-c5cc7c(cc5C65CCCCC5)c5ccccc5n7-c5ccc6c(c5)oc5ccccc56)ccc43)c2)cc1. The molecule has 3 heteroatoms. The van der Waals surface area contributed by atoms with E-state index in [1.54, 1.807) is 0 Å². The summed E-state index contributed by atoms with van der Waals surface area (Å²) in [5.41, 5.74) is 19.8. The molecule has 2 aliphatic rings. The van der Waals surface area contributed by atoms with Crippen molar-refractivity contribution >= 4 is 65.6 Å². The lowest BCUT2D eigenvalue weighted by molar-refractivity contribution is 0.353. The van der Waals surface area contributed by atoms with Crippen LogP contribution in [-0.2, 0) is 5.41 Å². The molecular weight excluding hydrogens is 765 g/mol. The highest BCUT2D eigenvalue weighted by atomic mass is 16.3. The first-order chi connectivity index (χ1) is 31.2. The first-order valence-electron chi connectivity index (χ1n) is 22.5. The van der Waals surface area contributed by atoms with Crippen LogP contribution in [0.1, 0.15) is 43.2 Å². The monoisotopic (exact) mass is 806 g/mol. The number of fused-ring (bicyclic) bond motifs is 14. The number of nitrogens with zero attached hydrogens (tertiary/aromatic N) is 2. The van der Waals surface area contributed by atoms with Gasteiger partial charge in [-0.15, -0.1) is 0 Å². The zero-order chi connectivity index (χ0) is 41.2. The topological polar surface area (TPSA) is 23.0 Å². The van der Waals surface area contributed by atoms with E-state index >= 15 is 0 Å². The summed E-state index contributed by atoms with van der Waals surface area (Å²) in [6, 6.07) is 72.2. The minimum Gasteiger partial charge on any atom is -0.456 e. The Labute approximate surface area is 365 Å². The number of aromatic nitrogens is 2. The van der Waals surface area contributed by atoms with Crippen LogP contribution < -0.4 is 0 Å². The molecule has 1 saturated carbocycles. The van der Waals surface area contributed by atoms with Crippen molar-refractivity contribution < 1.29 is 4.42 Å². The summed E-state index contributed by atoms with van der Waals surface area (Å²) in [5, 5.41) is 7.46.